The van der Waals surface area contributed by atoms with Gasteiger partial charge in [0, 0.05) is 25.2 Å². The van der Waals surface area contributed by atoms with Gasteiger partial charge in [-0.1, -0.05) is 29.8 Å². The van der Waals surface area contributed by atoms with Crippen LogP contribution in [0.15, 0.2) is 42.5 Å². The number of ether oxygens (including phenoxy) is 2. The summed E-state index contributed by atoms with van der Waals surface area (Å²) in [6, 6.07) is 13.7. The molecule has 0 aliphatic rings. The van der Waals surface area contributed by atoms with E-state index in [1.165, 1.54) is 5.56 Å². The molecule has 2 rings (SSSR count). The fraction of sp³-hybridized carbons (Fsp3) is 0.294. The Kier molecular flexibility index (Phi) is 6.05. The molecule has 0 atom stereocenters. The monoisotopic (exact) mass is 305 g/mol. The molecule has 0 aromatic heterocycles. The zero-order valence-electron chi connectivity index (χ0n) is 12.4. The first-order valence-corrected chi connectivity index (χ1v) is 7.29. The minimum Gasteiger partial charge on any atom is -0.457 e. The van der Waals surface area contributed by atoms with Crippen molar-refractivity contribution in [3.8, 4) is 11.5 Å². The van der Waals surface area contributed by atoms with Crippen LogP contribution in [0, 0.1) is 6.92 Å². The van der Waals surface area contributed by atoms with E-state index in [0.717, 1.165) is 36.8 Å². The summed E-state index contributed by atoms with van der Waals surface area (Å²) in [7, 11) is 1.70. The smallest absolute Gasteiger partial charge is 0.131 e. The summed E-state index contributed by atoms with van der Waals surface area (Å²) in [6.07, 6.45) is 0. The van der Waals surface area contributed by atoms with Crippen molar-refractivity contribution >= 4 is 11.6 Å². The molecule has 0 saturated heterocycles. The summed E-state index contributed by atoms with van der Waals surface area (Å²) in [5.74, 6) is 1.59. The van der Waals surface area contributed by atoms with Gasteiger partial charge in [0.15, 0.2) is 0 Å². The van der Waals surface area contributed by atoms with Crippen LogP contribution in [0.25, 0.3) is 0 Å². The van der Waals surface area contributed by atoms with Crippen molar-refractivity contribution in [1.29, 1.82) is 0 Å². The number of methoxy groups -OCH3 is 1. The number of aryl methyl sites for hydroxylation is 1. The maximum absolute atomic E-state index is 5.99. The second-order valence-corrected chi connectivity index (χ2v) is 5.26. The lowest BCUT2D eigenvalue weighted by atomic mass is 10.2. The van der Waals surface area contributed by atoms with Crippen molar-refractivity contribution in [1.82, 2.24) is 5.32 Å². The van der Waals surface area contributed by atoms with Gasteiger partial charge in [0.25, 0.3) is 0 Å². The highest BCUT2D eigenvalue weighted by molar-refractivity contribution is 6.30. The fourth-order valence-electron chi connectivity index (χ4n) is 1.89. The molecule has 4 heteroatoms. The highest BCUT2D eigenvalue weighted by atomic mass is 35.5. The van der Waals surface area contributed by atoms with Crippen LogP contribution in [0.5, 0.6) is 11.5 Å². The summed E-state index contributed by atoms with van der Waals surface area (Å²) in [5.41, 5.74) is 2.27. The number of halogens is 1. The molecule has 0 unspecified atom stereocenters. The molecule has 0 spiro atoms. The van der Waals surface area contributed by atoms with Gasteiger partial charge in [-0.2, -0.15) is 0 Å². The van der Waals surface area contributed by atoms with E-state index in [4.69, 9.17) is 21.1 Å². The van der Waals surface area contributed by atoms with Gasteiger partial charge in [0.2, 0.25) is 0 Å². The fourth-order valence-corrected chi connectivity index (χ4v) is 2.06. The second kappa shape index (κ2) is 8.03. The van der Waals surface area contributed by atoms with Gasteiger partial charge in [-0.3, -0.25) is 0 Å². The quantitative estimate of drug-likeness (QED) is 0.779. The molecule has 0 saturated carbocycles. The number of hydrogen-bond acceptors (Lipinski definition) is 3. The van der Waals surface area contributed by atoms with Crippen LogP contribution in [0.4, 0.5) is 0 Å². The van der Waals surface area contributed by atoms with Gasteiger partial charge in [0.1, 0.15) is 11.5 Å². The van der Waals surface area contributed by atoms with Crippen LogP contribution in [-0.4, -0.2) is 20.3 Å². The summed E-state index contributed by atoms with van der Waals surface area (Å²) in [5, 5.41) is 3.98. The van der Waals surface area contributed by atoms with Crippen LogP contribution in [0.3, 0.4) is 0 Å². The minimum atomic E-state index is 0.676. The van der Waals surface area contributed by atoms with E-state index >= 15 is 0 Å². The average Bonchev–Trinajstić information content (AvgIpc) is 2.49. The van der Waals surface area contributed by atoms with Crippen molar-refractivity contribution < 1.29 is 9.47 Å². The summed E-state index contributed by atoms with van der Waals surface area (Å²) in [6.45, 7) is 4.38. The lowest BCUT2D eigenvalue weighted by Crippen LogP contribution is -2.18. The van der Waals surface area contributed by atoms with Crippen LogP contribution >= 0.6 is 11.6 Å². The largest absolute Gasteiger partial charge is 0.457 e. The summed E-state index contributed by atoms with van der Waals surface area (Å²) in [4.78, 5) is 0. The molecular formula is C17H20ClNO2. The number of nitrogens with one attached hydrogen (secondary N) is 1. The van der Waals surface area contributed by atoms with Gasteiger partial charge in [-0.25, -0.2) is 0 Å². The van der Waals surface area contributed by atoms with Crippen LogP contribution < -0.4 is 10.1 Å². The van der Waals surface area contributed by atoms with Crippen LogP contribution in [-0.2, 0) is 11.3 Å². The van der Waals surface area contributed by atoms with E-state index < -0.39 is 0 Å². The Balaban J connectivity index is 1.94. The van der Waals surface area contributed by atoms with Gasteiger partial charge < -0.3 is 14.8 Å². The molecule has 2 aromatic carbocycles. The molecule has 0 bridgehead atoms. The van der Waals surface area contributed by atoms with E-state index in [2.05, 4.69) is 17.4 Å². The van der Waals surface area contributed by atoms with Gasteiger partial charge in [-0.15, -0.1) is 0 Å². The highest BCUT2D eigenvalue weighted by Crippen LogP contribution is 2.27. The van der Waals surface area contributed by atoms with E-state index in [1.54, 1.807) is 7.11 Å². The molecule has 0 amide bonds. The van der Waals surface area contributed by atoms with E-state index in [9.17, 15) is 0 Å². The number of benzene rings is 2. The van der Waals surface area contributed by atoms with Crippen molar-refractivity contribution in [3.63, 3.8) is 0 Å². The Morgan fingerprint density at radius 1 is 1.10 bits per heavy atom. The van der Waals surface area contributed by atoms with Crippen molar-refractivity contribution in [2.24, 2.45) is 0 Å². The molecule has 0 fully saturated rings. The Bertz CT molecular complexity index is 570. The second-order valence-electron chi connectivity index (χ2n) is 4.83. The van der Waals surface area contributed by atoms with E-state index in [-0.39, 0.29) is 0 Å². The minimum absolute atomic E-state index is 0.676. The maximum Gasteiger partial charge on any atom is 0.131 e. The molecular weight excluding hydrogens is 286 g/mol. The molecule has 112 valence electrons. The summed E-state index contributed by atoms with van der Waals surface area (Å²) < 4.78 is 10.9. The Hall–Kier alpha value is -1.55. The van der Waals surface area contributed by atoms with Crippen molar-refractivity contribution in [3.05, 3.63) is 58.6 Å². The van der Waals surface area contributed by atoms with Crippen molar-refractivity contribution in [2.75, 3.05) is 20.3 Å². The molecule has 0 aliphatic carbocycles. The third-order valence-electron chi connectivity index (χ3n) is 3.11. The van der Waals surface area contributed by atoms with Crippen LogP contribution in [0.1, 0.15) is 11.1 Å². The number of rotatable bonds is 7. The molecule has 21 heavy (non-hydrogen) atoms. The predicted octanol–water partition coefficient (Wildman–Crippen LogP) is 4.18. The first-order chi connectivity index (χ1) is 10.2. The topological polar surface area (TPSA) is 30.5 Å². The van der Waals surface area contributed by atoms with Gasteiger partial charge in [0.05, 0.1) is 6.61 Å². The molecule has 0 radical (unpaired) electrons. The predicted molar refractivity (Wildman–Crippen MR) is 86.3 cm³/mol. The van der Waals surface area contributed by atoms with E-state index in [0.29, 0.717) is 5.02 Å². The molecule has 1 N–H and O–H groups in total. The summed E-state index contributed by atoms with van der Waals surface area (Å²) >= 11 is 5.99. The van der Waals surface area contributed by atoms with Gasteiger partial charge in [-0.05, 0) is 42.3 Å². The molecule has 0 aliphatic heterocycles. The van der Waals surface area contributed by atoms with E-state index in [1.807, 2.05) is 37.3 Å². The normalized spacial score (nSPS) is 10.6. The number of hydrogen-bond donors (Lipinski definition) is 1. The SMILES string of the molecule is COCCNCc1ccc(Oc2cc(Cl)ccc2C)cc1. The maximum atomic E-state index is 5.99. The molecule has 0 heterocycles. The Morgan fingerprint density at radius 2 is 1.86 bits per heavy atom. The molecule has 3 nitrogen and oxygen atoms in total. The third-order valence-corrected chi connectivity index (χ3v) is 3.35. The highest BCUT2D eigenvalue weighted by Gasteiger charge is 2.03. The van der Waals surface area contributed by atoms with Crippen molar-refractivity contribution in [2.45, 2.75) is 13.5 Å². The first-order valence-electron chi connectivity index (χ1n) is 6.91. The molecule has 2 aromatic rings. The Labute approximate surface area is 130 Å². The van der Waals surface area contributed by atoms with Gasteiger partial charge >= 0.3 is 0 Å². The lowest BCUT2D eigenvalue weighted by Gasteiger charge is -2.10. The zero-order valence-corrected chi connectivity index (χ0v) is 13.1. The lowest BCUT2D eigenvalue weighted by molar-refractivity contribution is 0.199. The Morgan fingerprint density at radius 3 is 2.57 bits per heavy atom. The standard InChI is InChI=1S/C17H20ClNO2/c1-13-3-6-15(18)11-17(13)21-16-7-4-14(5-8-16)12-19-9-10-20-2/h3-8,11,19H,9-10,12H2,1-2H3. The average molecular weight is 306 g/mol. The first kappa shape index (κ1) is 15.8. The third kappa shape index (κ3) is 5.05. The zero-order chi connectivity index (χ0) is 15.1. The van der Waals surface area contributed by atoms with Crippen LogP contribution in [0.2, 0.25) is 5.02 Å².